The summed E-state index contributed by atoms with van der Waals surface area (Å²) >= 11 is 6.22. The van der Waals surface area contributed by atoms with Gasteiger partial charge < -0.3 is 9.88 Å². The molecule has 0 atom stereocenters. The zero-order valence-electron chi connectivity index (χ0n) is 14.0. The maximum atomic E-state index is 12.1. The molecule has 25 heavy (non-hydrogen) atoms. The lowest BCUT2D eigenvalue weighted by molar-refractivity contribution is -0.120. The first-order valence-corrected chi connectivity index (χ1v) is 8.39. The number of carbonyl (C=O) groups is 1. The minimum absolute atomic E-state index is 0.0574. The molecule has 1 amide bonds. The quantitative estimate of drug-likeness (QED) is 0.614. The van der Waals surface area contributed by atoms with Crippen LogP contribution in [0, 0.1) is 0 Å². The summed E-state index contributed by atoms with van der Waals surface area (Å²) in [4.78, 5) is 17.0. The molecule has 0 radical (unpaired) electrons. The molecule has 0 saturated carbocycles. The summed E-state index contributed by atoms with van der Waals surface area (Å²) in [5.74, 6) is 0.730. The van der Waals surface area contributed by atoms with Crippen molar-refractivity contribution >= 4 is 34.3 Å². The summed E-state index contributed by atoms with van der Waals surface area (Å²) in [5, 5.41) is 3.35. The Labute approximate surface area is 149 Å². The number of hydrogen-bond donors (Lipinski definition) is 1. The zero-order chi connectivity index (χ0) is 17.6. The van der Waals surface area contributed by atoms with Crippen molar-refractivity contribution in [1.82, 2.24) is 19.3 Å². The smallest absolute Gasteiger partial charge is 0.225 e. The number of nitrogens with zero attached hydrogens (tertiary/aromatic N) is 3. The fraction of sp³-hybridized carbons (Fsp3) is 0.158. The number of aromatic nitrogens is 3. The highest BCUT2D eigenvalue weighted by Crippen LogP contribution is 2.30. The van der Waals surface area contributed by atoms with E-state index in [-0.39, 0.29) is 12.3 Å². The Bertz CT molecular complexity index is 1100. The molecule has 0 unspecified atom stereocenters. The largest absolute Gasteiger partial charge is 0.359 e. The van der Waals surface area contributed by atoms with E-state index in [9.17, 15) is 4.79 Å². The Hall–Kier alpha value is -2.79. The molecule has 0 aliphatic rings. The average molecular weight is 353 g/mol. The molecule has 4 rings (SSSR count). The monoisotopic (exact) mass is 352 g/mol. The second-order valence-electron chi connectivity index (χ2n) is 5.95. The molecule has 5 nitrogen and oxygen atoms in total. The fourth-order valence-corrected chi connectivity index (χ4v) is 3.38. The van der Waals surface area contributed by atoms with Crippen molar-refractivity contribution in [2.24, 2.45) is 7.05 Å². The highest BCUT2D eigenvalue weighted by Gasteiger charge is 2.21. The average Bonchev–Trinajstić information content (AvgIpc) is 3.12. The number of aryl methyl sites for hydroxylation is 1. The van der Waals surface area contributed by atoms with Gasteiger partial charge in [0, 0.05) is 24.7 Å². The van der Waals surface area contributed by atoms with E-state index in [1.807, 2.05) is 64.5 Å². The molecule has 2 heterocycles. The Balaban J connectivity index is 2.09. The van der Waals surface area contributed by atoms with Crippen molar-refractivity contribution in [1.29, 1.82) is 0 Å². The number of halogens is 1. The molecule has 0 aliphatic carbocycles. The Morgan fingerprint density at radius 2 is 1.92 bits per heavy atom. The van der Waals surface area contributed by atoms with Crippen molar-refractivity contribution < 1.29 is 4.79 Å². The molecule has 126 valence electrons. The van der Waals surface area contributed by atoms with Crippen molar-refractivity contribution in [3.8, 4) is 11.3 Å². The van der Waals surface area contributed by atoms with E-state index < -0.39 is 0 Å². The third-order valence-electron chi connectivity index (χ3n) is 4.45. The van der Waals surface area contributed by atoms with Crippen LogP contribution in [-0.4, -0.2) is 26.9 Å². The van der Waals surface area contributed by atoms with Gasteiger partial charge in [0.25, 0.3) is 0 Å². The number of hydrogen-bond acceptors (Lipinski definition) is 2. The van der Waals surface area contributed by atoms with Gasteiger partial charge in [-0.3, -0.25) is 9.20 Å². The van der Waals surface area contributed by atoms with E-state index in [1.54, 1.807) is 7.05 Å². The Kier molecular flexibility index (Phi) is 3.73. The van der Waals surface area contributed by atoms with Gasteiger partial charge in [-0.1, -0.05) is 41.9 Å². The highest BCUT2D eigenvalue weighted by atomic mass is 35.5. The van der Waals surface area contributed by atoms with Gasteiger partial charge in [-0.15, -0.1) is 0 Å². The maximum Gasteiger partial charge on any atom is 0.225 e. The third kappa shape index (κ3) is 2.48. The van der Waals surface area contributed by atoms with Gasteiger partial charge in [0.05, 0.1) is 28.8 Å². The standard InChI is InChI=1S/C19H17ClN4O/c1-21-17(25)11-16-18(12-6-4-3-5-7-12)22-19-23(2)14-9-8-13(20)10-15(14)24(16)19/h3-10H,11H2,1-2H3,(H,21,25). The highest BCUT2D eigenvalue weighted by molar-refractivity contribution is 6.31. The molecule has 4 aromatic rings. The van der Waals surface area contributed by atoms with E-state index >= 15 is 0 Å². The SMILES string of the molecule is CNC(=O)Cc1c(-c2ccccc2)nc2n(C)c3ccc(Cl)cc3n12. The summed E-state index contributed by atoms with van der Waals surface area (Å²) in [6, 6.07) is 15.7. The molecule has 0 saturated heterocycles. The van der Waals surface area contributed by atoms with Crippen molar-refractivity contribution in [3.05, 3.63) is 59.2 Å². The van der Waals surface area contributed by atoms with Crippen LogP contribution in [0.5, 0.6) is 0 Å². The molecular weight excluding hydrogens is 336 g/mol. The lowest BCUT2D eigenvalue weighted by Crippen LogP contribution is -2.21. The molecule has 0 fully saturated rings. The summed E-state index contributed by atoms with van der Waals surface area (Å²) in [7, 11) is 3.61. The number of carbonyl (C=O) groups excluding carboxylic acids is 1. The van der Waals surface area contributed by atoms with Crippen LogP contribution in [0.4, 0.5) is 0 Å². The van der Waals surface area contributed by atoms with Gasteiger partial charge in [-0.25, -0.2) is 4.98 Å². The normalized spacial score (nSPS) is 11.3. The molecule has 0 spiro atoms. The Morgan fingerprint density at radius 3 is 2.64 bits per heavy atom. The molecule has 2 aromatic heterocycles. The molecule has 0 aliphatic heterocycles. The number of rotatable bonds is 3. The third-order valence-corrected chi connectivity index (χ3v) is 4.68. The zero-order valence-corrected chi connectivity index (χ0v) is 14.7. The number of fused-ring (bicyclic) bond motifs is 3. The lowest BCUT2D eigenvalue weighted by Gasteiger charge is -2.05. The van der Waals surface area contributed by atoms with Crippen LogP contribution in [0.15, 0.2) is 48.5 Å². The minimum atomic E-state index is -0.0574. The van der Waals surface area contributed by atoms with Gasteiger partial charge in [-0.2, -0.15) is 0 Å². The van der Waals surface area contributed by atoms with Crippen LogP contribution in [-0.2, 0) is 18.3 Å². The van der Waals surface area contributed by atoms with Crippen LogP contribution >= 0.6 is 11.6 Å². The molecule has 2 aromatic carbocycles. The lowest BCUT2D eigenvalue weighted by atomic mass is 10.1. The van der Waals surface area contributed by atoms with Crippen molar-refractivity contribution in [2.75, 3.05) is 7.05 Å². The van der Waals surface area contributed by atoms with Crippen LogP contribution in [0.2, 0.25) is 5.02 Å². The summed E-state index contributed by atoms with van der Waals surface area (Å²) in [6.07, 6.45) is 0.244. The molecule has 0 bridgehead atoms. The van der Waals surface area contributed by atoms with Gasteiger partial charge in [0.1, 0.15) is 0 Å². The second kappa shape index (κ2) is 5.93. The van der Waals surface area contributed by atoms with Crippen LogP contribution in [0.1, 0.15) is 5.69 Å². The topological polar surface area (TPSA) is 51.3 Å². The van der Waals surface area contributed by atoms with E-state index in [0.717, 1.165) is 33.8 Å². The van der Waals surface area contributed by atoms with Gasteiger partial charge in [0.15, 0.2) is 0 Å². The van der Waals surface area contributed by atoms with Crippen molar-refractivity contribution in [2.45, 2.75) is 6.42 Å². The van der Waals surface area contributed by atoms with Gasteiger partial charge >= 0.3 is 0 Å². The number of amides is 1. The van der Waals surface area contributed by atoms with Crippen LogP contribution in [0.25, 0.3) is 28.1 Å². The van der Waals surface area contributed by atoms with E-state index in [0.29, 0.717) is 5.02 Å². The summed E-state index contributed by atoms with van der Waals surface area (Å²) in [5.41, 5.74) is 4.62. The van der Waals surface area contributed by atoms with E-state index in [1.165, 1.54) is 0 Å². The molecule has 1 N–H and O–H groups in total. The molecular formula is C19H17ClN4O. The van der Waals surface area contributed by atoms with Crippen LogP contribution in [0.3, 0.4) is 0 Å². The first kappa shape index (κ1) is 15.7. The minimum Gasteiger partial charge on any atom is -0.359 e. The van der Waals surface area contributed by atoms with Crippen LogP contribution < -0.4 is 5.32 Å². The number of likely N-dealkylation sites (N-methyl/N-ethyl adjacent to an activating group) is 1. The molecule has 6 heteroatoms. The maximum absolute atomic E-state index is 12.1. The number of nitrogens with one attached hydrogen (secondary N) is 1. The number of imidazole rings is 2. The van der Waals surface area contributed by atoms with Crippen molar-refractivity contribution in [3.63, 3.8) is 0 Å². The Morgan fingerprint density at radius 1 is 1.16 bits per heavy atom. The summed E-state index contributed by atoms with van der Waals surface area (Å²) in [6.45, 7) is 0. The first-order valence-electron chi connectivity index (χ1n) is 8.01. The predicted molar refractivity (Wildman–Crippen MR) is 99.9 cm³/mol. The van der Waals surface area contributed by atoms with Gasteiger partial charge in [-0.05, 0) is 18.2 Å². The summed E-state index contributed by atoms with van der Waals surface area (Å²) < 4.78 is 4.05. The fourth-order valence-electron chi connectivity index (χ4n) is 3.22. The first-order chi connectivity index (χ1) is 12.1. The number of benzene rings is 2. The van der Waals surface area contributed by atoms with E-state index in [4.69, 9.17) is 16.6 Å². The predicted octanol–water partition coefficient (Wildman–Crippen LogP) is 3.43. The van der Waals surface area contributed by atoms with Gasteiger partial charge in [0.2, 0.25) is 11.7 Å². The second-order valence-corrected chi connectivity index (χ2v) is 6.39. The van der Waals surface area contributed by atoms with E-state index in [2.05, 4.69) is 5.32 Å².